The molecule has 0 saturated heterocycles. The maximum atomic E-state index is 14.8. The molecule has 3 heterocycles. The number of benzene rings is 1. The fraction of sp³-hybridized carbons (Fsp3) is 0.269. The van der Waals surface area contributed by atoms with Crippen LogP contribution in [0.2, 0.25) is 0 Å². The third kappa shape index (κ3) is 4.90. The normalized spacial score (nSPS) is 11.5. The molecule has 0 aliphatic carbocycles. The van der Waals surface area contributed by atoms with Gasteiger partial charge in [0.25, 0.3) is 5.56 Å². The number of hydrogen-bond acceptors (Lipinski definition) is 5. The molecule has 0 saturated carbocycles. The number of carbonyl (C=O) groups is 1. The number of halogens is 1. The topological polar surface area (TPSA) is 88.1 Å². The van der Waals surface area contributed by atoms with E-state index in [9.17, 15) is 14.0 Å². The maximum absolute atomic E-state index is 14.8. The molecule has 35 heavy (non-hydrogen) atoms. The van der Waals surface area contributed by atoms with Gasteiger partial charge in [0.15, 0.2) is 0 Å². The van der Waals surface area contributed by atoms with Crippen LogP contribution in [0, 0.1) is 12.7 Å². The van der Waals surface area contributed by atoms with Crippen LogP contribution in [0.25, 0.3) is 22.0 Å². The number of hydrogen-bond donors (Lipinski definition) is 3. The summed E-state index contributed by atoms with van der Waals surface area (Å²) in [6.07, 6.45) is 1.68. The summed E-state index contributed by atoms with van der Waals surface area (Å²) in [5, 5.41) is 11.7. The minimum Gasteiger partial charge on any atom is -0.373 e. The van der Waals surface area contributed by atoms with Crippen molar-refractivity contribution in [3.63, 3.8) is 0 Å². The lowest BCUT2D eigenvalue weighted by Gasteiger charge is -2.16. The number of nitrogens with one attached hydrogen (secondary N) is 3. The number of fused-ring (bicyclic) bond motifs is 1. The molecule has 4 rings (SSSR count). The standard InChI is InChI=1S/C26H28FN5O2S/c1-14-7-19(27)20(30-25(34)31-23-9-16(13-35-23)26(2,3)4)10-17(14)18-8-15-12-29-22(28-5)11-21(15)32(6)24(18)33/h7-13H,1-6H3,(H,28,29)(H2,30,31,34). The summed E-state index contributed by atoms with van der Waals surface area (Å²) in [5.74, 6) is 0.0666. The van der Waals surface area contributed by atoms with E-state index in [0.29, 0.717) is 27.5 Å². The maximum Gasteiger partial charge on any atom is 0.324 e. The molecule has 3 N–H and O–H groups in total. The molecule has 0 unspecified atom stereocenters. The Morgan fingerprint density at radius 3 is 2.49 bits per heavy atom. The summed E-state index contributed by atoms with van der Waals surface area (Å²) in [5.41, 5.74) is 3.05. The van der Waals surface area contributed by atoms with E-state index in [1.54, 1.807) is 43.9 Å². The second-order valence-electron chi connectivity index (χ2n) is 9.48. The van der Waals surface area contributed by atoms with Gasteiger partial charge in [-0.25, -0.2) is 14.2 Å². The molecule has 1 aromatic carbocycles. The highest BCUT2D eigenvalue weighted by Gasteiger charge is 2.18. The Labute approximate surface area is 207 Å². The Hall–Kier alpha value is -3.72. The van der Waals surface area contributed by atoms with Crippen molar-refractivity contribution in [1.29, 1.82) is 0 Å². The van der Waals surface area contributed by atoms with Crippen molar-refractivity contribution in [3.8, 4) is 11.1 Å². The van der Waals surface area contributed by atoms with E-state index in [1.165, 1.54) is 23.5 Å². The molecular formula is C26H28FN5O2S. The van der Waals surface area contributed by atoms with Gasteiger partial charge in [0, 0.05) is 37.3 Å². The average molecular weight is 494 g/mol. The van der Waals surface area contributed by atoms with Crippen molar-refractivity contribution in [1.82, 2.24) is 9.55 Å². The molecule has 4 aromatic rings. The van der Waals surface area contributed by atoms with Crippen LogP contribution in [-0.4, -0.2) is 22.6 Å². The van der Waals surface area contributed by atoms with Crippen LogP contribution in [-0.2, 0) is 12.5 Å². The van der Waals surface area contributed by atoms with Crippen molar-refractivity contribution >= 4 is 44.8 Å². The highest BCUT2D eigenvalue weighted by Crippen LogP contribution is 2.31. The zero-order valence-electron chi connectivity index (χ0n) is 20.5. The van der Waals surface area contributed by atoms with Crippen molar-refractivity contribution in [2.24, 2.45) is 7.05 Å². The van der Waals surface area contributed by atoms with Crippen molar-refractivity contribution in [2.45, 2.75) is 33.1 Å². The second-order valence-corrected chi connectivity index (χ2v) is 10.4. The van der Waals surface area contributed by atoms with Gasteiger partial charge < -0.3 is 15.2 Å². The molecule has 0 aliphatic heterocycles. The average Bonchev–Trinajstić information content (AvgIpc) is 3.27. The first-order valence-electron chi connectivity index (χ1n) is 11.1. The number of pyridine rings is 2. The molecule has 9 heteroatoms. The zero-order chi connectivity index (χ0) is 25.5. The first-order valence-corrected chi connectivity index (χ1v) is 12.0. The monoisotopic (exact) mass is 493 g/mol. The predicted octanol–water partition coefficient (Wildman–Crippen LogP) is 6.09. The number of urea groups is 1. The van der Waals surface area contributed by atoms with E-state index in [4.69, 9.17) is 0 Å². The Kier molecular flexibility index (Phi) is 6.38. The number of amides is 2. The van der Waals surface area contributed by atoms with Gasteiger partial charge in [-0.1, -0.05) is 20.8 Å². The van der Waals surface area contributed by atoms with E-state index in [-0.39, 0.29) is 16.7 Å². The lowest BCUT2D eigenvalue weighted by Crippen LogP contribution is -2.21. The molecule has 0 aliphatic rings. The predicted molar refractivity (Wildman–Crippen MR) is 142 cm³/mol. The summed E-state index contributed by atoms with van der Waals surface area (Å²) >= 11 is 1.41. The van der Waals surface area contributed by atoms with Crippen molar-refractivity contribution in [3.05, 3.63) is 69.2 Å². The number of aromatic nitrogens is 2. The molecule has 182 valence electrons. The fourth-order valence-corrected chi connectivity index (χ4v) is 4.84. The number of aryl methyl sites for hydroxylation is 2. The molecule has 3 aromatic heterocycles. The summed E-state index contributed by atoms with van der Waals surface area (Å²) in [4.78, 5) is 30.2. The van der Waals surface area contributed by atoms with Crippen LogP contribution in [0.4, 0.5) is 25.7 Å². The highest BCUT2D eigenvalue weighted by molar-refractivity contribution is 7.14. The van der Waals surface area contributed by atoms with Gasteiger partial charge in [0.1, 0.15) is 11.6 Å². The molecule has 0 spiro atoms. The highest BCUT2D eigenvalue weighted by atomic mass is 32.1. The van der Waals surface area contributed by atoms with Crippen molar-refractivity contribution < 1.29 is 9.18 Å². The number of thiophene rings is 1. The zero-order valence-corrected chi connectivity index (χ0v) is 21.4. The summed E-state index contributed by atoms with van der Waals surface area (Å²) in [6, 6.07) is 7.71. The molecule has 2 amide bonds. The lowest BCUT2D eigenvalue weighted by molar-refractivity contribution is 0.262. The van der Waals surface area contributed by atoms with Crippen LogP contribution in [0.5, 0.6) is 0 Å². The first-order chi connectivity index (χ1) is 16.5. The lowest BCUT2D eigenvalue weighted by atomic mass is 9.89. The van der Waals surface area contributed by atoms with Crippen molar-refractivity contribution in [2.75, 3.05) is 23.0 Å². The number of anilines is 3. The first kappa shape index (κ1) is 24.4. The fourth-order valence-electron chi connectivity index (χ4n) is 3.81. The van der Waals surface area contributed by atoms with E-state index in [1.807, 2.05) is 11.4 Å². The largest absolute Gasteiger partial charge is 0.373 e. The minimum atomic E-state index is -0.582. The molecule has 0 atom stereocenters. The molecule has 0 radical (unpaired) electrons. The number of carbonyl (C=O) groups excluding carboxylic acids is 1. The Balaban J connectivity index is 1.67. The van der Waals surface area contributed by atoms with Crippen LogP contribution in [0.3, 0.4) is 0 Å². The van der Waals surface area contributed by atoms with Gasteiger partial charge in [-0.2, -0.15) is 0 Å². The van der Waals surface area contributed by atoms with E-state index >= 15 is 0 Å². The minimum absolute atomic E-state index is 0.0125. The van der Waals surface area contributed by atoms with E-state index < -0.39 is 11.8 Å². The molecule has 7 nitrogen and oxygen atoms in total. The summed E-state index contributed by atoms with van der Waals surface area (Å²) in [7, 11) is 3.45. The summed E-state index contributed by atoms with van der Waals surface area (Å²) in [6.45, 7) is 8.01. The van der Waals surface area contributed by atoms with Gasteiger partial charge in [-0.3, -0.25) is 10.1 Å². The van der Waals surface area contributed by atoms with Gasteiger partial charge in [0.05, 0.1) is 16.2 Å². The van der Waals surface area contributed by atoms with Gasteiger partial charge >= 0.3 is 6.03 Å². The van der Waals surface area contributed by atoms with Crippen LogP contribution in [0.15, 0.2) is 46.7 Å². The molecule has 0 bridgehead atoms. The molecular weight excluding hydrogens is 465 g/mol. The number of nitrogens with zero attached hydrogens (tertiary/aromatic N) is 2. The van der Waals surface area contributed by atoms with Gasteiger partial charge in [0.2, 0.25) is 0 Å². The van der Waals surface area contributed by atoms with Crippen LogP contribution >= 0.6 is 11.3 Å². The summed E-state index contributed by atoms with van der Waals surface area (Å²) < 4.78 is 16.3. The number of rotatable bonds is 4. The molecule has 0 fully saturated rings. The third-order valence-electron chi connectivity index (χ3n) is 5.92. The quantitative estimate of drug-likeness (QED) is 0.321. The SMILES string of the molecule is CNc1cc2c(cn1)cc(-c1cc(NC(=O)Nc3cc(C(C)(C)C)cs3)c(F)cc1C)c(=O)n2C. The smallest absolute Gasteiger partial charge is 0.324 e. The Morgan fingerprint density at radius 2 is 1.83 bits per heavy atom. The third-order valence-corrected chi connectivity index (χ3v) is 6.76. The van der Waals surface area contributed by atoms with E-state index in [0.717, 1.165) is 16.5 Å². The van der Waals surface area contributed by atoms with Gasteiger partial charge in [-0.15, -0.1) is 11.3 Å². The van der Waals surface area contributed by atoms with E-state index in [2.05, 4.69) is 41.7 Å². The van der Waals surface area contributed by atoms with Crippen LogP contribution in [0.1, 0.15) is 31.9 Å². The Bertz CT molecular complexity index is 1500. The van der Waals surface area contributed by atoms with Gasteiger partial charge in [-0.05, 0) is 58.7 Å². The Morgan fingerprint density at radius 1 is 1.09 bits per heavy atom. The van der Waals surface area contributed by atoms with Crippen LogP contribution < -0.4 is 21.5 Å². The second kappa shape index (κ2) is 9.14.